The van der Waals surface area contributed by atoms with E-state index < -0.39 is 0 Å². The van der Waals surface area contributed by atoms with Gasteiger partial charge in [-0.05, 0) is 42.4 Å². The van der Waals surface area contributed by atoms with Gasteiger partial charge in [-0.3, -0.25) is 0 Å². The van der Waals surface area contributed by atoms with Crippen molar-refractivity contribution in [3.05, 3.63) is 48.0 Å². The summed E-state index contributed by atoms with van der Waals surface area (Å²) >= 11 is 0. The lowest BCUT2D eigenvalue weighted by Crippen LogP contribution is -2.08. The molecule has 2 aromatic rings. The number of methoxy groups -OCH3 is 1. The number of benzene rings is 2. The van der Waals surface area contributed by atoms with Gasteiger partial charge in [0.15, 0.2) is 0 Å². The molecule has 20 heavy (non-hydrogen) atoms. The highest BCUT2D eigenvalue weighted by atomic mass is 16.5. The van der Waals surface area contributed by atoms with Crippen LogP contribution in [0, 0.1) is 0 Å². The van der Waals surface area contributed by atoms with Crippen molar-refractivity contribution in [2.45, 2.75) is 6.54 Å². The maximum Gasteiger partial charge on any atom is 0.123 e. The summed E-state index contributed by atoms with van der Waals surface area (Å²) in [4.78, 5) is 2.10. The van der Waals surface area contributed by atoms with Crippen molar-refractivity contribution >= 4 is 5.69 Å². The van der Waals surface area contributed by atoms with Crippen molar-refractivity contribution < 1.29 is 4.74 Å². The summed E-state index contributed by atoms with van der Waals surface area (Å²) in [6, 6.07) is 14.9. The van der Waals surface area contributed by atoms with E-state index in [1.54, 1.807) is 7.11 Å². The summed E-state index contributed by atoms with van der Waals surface area (Å²) in [5.41, 5.74) is 4.80. The molecule has 0 aliphatic rings. The van der Waals surface area contributed by atoms with E-state index in [-0.39, 0.29) is 0 Å². The van der Waals surface area contributed by atoms with Crippen LogP contribution in [0.5, 0.6) is 5.75 Å². The molecule has 0 spiro atoms. The van der Waals surface area contributed by atoms with Crippen LogP contribution in [0.2, 0.25) is 0 Å². The van der Waals surface area contributed by atoms with E-state index in [9.17, 15) is 0 Å². The molecule has 0 radical (unpaired) electrons. The van der Waals surface area contributed by atoms with Gasteiger partial charge >= 0.3 is 0 Å². The molecule has 2 aromatic carbocycles. The Morgan fingerprint density at radius 2 is 1.65 bits per heavy atom. The van der Waals surface area contributed by atoms with Crippen molar-refractivity contribution in [3.8, 4) is 16.9 Å². The summed E-state index contributed by atoms with van der Waals surface area (Å²) < 4.78 is 5.39. The van der Waals surface area contributed by atoms with Gasteiger partial charge in [0.2, 0.25) is 0 Å². The van der Waals surface area contributed by atoms with Crippen LogP contribution in [0.3, 0.4) is 0 Å². The van der Waals surface area contributed by atoms with Gasteiger partial charge < -0.3 is 15.0 Å². The molecule has 0 fully saturated rings. The first kappa shape index (κ1) is 14.4. The molecule has 106 valence electrons. The predicted octanol–water partition coefficient (Wildman–Crippen LogP) is 3.15. The average Bonchev–Trinajstić information content (AvgIpc) is 2.47. The molecule has 0 saturated carbocycles. The van der Waals surface area contributed by atoms with Gasteiger partial charge in [0.05, 0.1) is 7.11 Å². The lowest BCUT2D eigenvalue weighted by molar-refractivity contribution is 0.408. The number of rotatable bonds is 5. The first-order valence-electron chi connectivity index (χ1n) is 6.75. The van der Waals surface area contributed by atoms with E-state index in [1.165, 1.54) is 22.4 Å². The summed E-state index contributed by atoms with van der Waals surface area (Å²) in [5.74, 6) is 0.924. The van der Waals surface area contributed by atoms with Gasteiger partial charge in [0.1, 0.15) is 5.75 Å². The van der Waals surface area contributed by atoms with Gasteiger partial charge in [-0.1, -0.05) is 18.2 Å². The van der Waals surface area contributed by atoms with E-state index in [0.717, 1.165) is 12.3 Å². The Kier molecular flexibility index (Phi) is 4.64. The van der Waals surface area contributed by atoms with E-state index in [2.05, 4.69) is 46.6 Å². The van der Waals surface area contributed by atoms with Crippen LogP contribution in [-0.4, -0.2) is 28.3 Å². The number of nitrogens with zero attached hydrogens (tertiary/aromatic N) is 1. The monoisotopic (exact) mass is 270 g/mol. The van der Waals surface area contributed by atoms with Crippen molar-refractivity contribution in [1.82, 2.24) is 5.32 Å². The van der Waals surface area contributed by atoms with Gasteiger partial charge in [-0.15, -0.1) is 0 Å². The molecule has 0 aliphatic heterocycles. The van der Waals surface area contributed by atoms with Crippen molar-refractivity contribution in [2.24, 2.45) is 0 Å². The SMILES string of the molecule is CNCc1cc(-c2ccc(N(C)C)cc2)ccc1OC. The second-order valence-corrected chi connectivity index (χ2v) is 5.00. The second-order valence-electron chi connectivity index (χ2n) is 5.00. The van der Waals surface area contributed by atoms with Gasteiger partial charge in [-0.2, -0.15) is 0 Å². The fourth-order valence-corrected chi connectivity index (χ4v) is 2.24. The molecule has 0 heterocycles. The fraction of sp³-hybridized carbons (Fsp3) is 0.294. The first-order chi connectivity index (χ1) is 9.65. The Hall–Kier alpha value is -2.00. The Balaban J connectivity index is 2.34. The van der Waals surface area contributed by atoms with Crippen molar-refractivity contribution in [1.29, 1.82) is 0 Å². The molecule has 0 atom stereocenters. The van der Waals surface area contributed by atoms with Crippen LogP contribution in [0.4, 0.5) is 5.69 Å². The second kappa shape index (κ2) is 6.44. The zero-order valence-corrected chi connectivity index (χ0v) is 12.6. The third kappa shape index (κ3) is 3.11. The molecule has 2 rings (SSSR count). The van der Waals surface area contributed by atoms with E-state index >= 15 is 0 Å². The highest BCUT2D eigenvalue weighted by Gasteiger charge is 2.05. The lowest BCUT2D eigenvalue weighted by atomic mass is 10.0. The minimum atomic E-state index is 0.798. The molecular formula is C17H22N2O. The van der Waals surface area contributed by atoms with Crippen LogP contribution in [0.1, 0.15) is 5.56 Å². The Bertz CT molecular complexity index is 562. The molecule has 0 bridgehead atoms. The zero-order chi connectivity index (χ0) is 14.5. The Morgan fingerprint density at radius 3 is 2.20 bits per heavy atom. The largest absolute Gasteiger partial charge is 0.496 e. The maximum absolute atomic E-state index is 5.39. The van der Waals surface area contributed by atoms with Crippen molar-refractivity contribution in [2.75, 3.05) is 33.2 Å². The molecular weight excluding hydrogens is 248 g/mol. The molecule has 0 saturated heterocycles. The quantitative estimate of drug-likeness (QED) is 0.903. The fourth-order valence-electron chi connectivity index (χ4n) is 2.24. The number of anilines is 1. The third-order valence-corrected chi connectivity index (χ3v) is 3.36. The minimum absolute atomic E-state index is 0.798. The number of hydrogen-bond donors (Lipinski definition) is 1. The van der Waals surface area contributed by atoms with E-state index in [4.69, 9.17) is 4.74 Å². The number of ether oxygens (including phenoxy) is 1. The molecule has 3 nitrogen and oxygen atoms in total. The van der Waals surface area contributed by atoms with E-state index in [1.807, 2.05) is 27.2 Å². The molecule has 3 heteroatoms. The maximum atomic E-state index is 5.39. The normalized spacial score (nSPS) is 10.4. The summed E-state index contributed by atoms with van der Waals surface area (Å²) in [6.45, 7) is 0.798. The predicted molar refractivity (Wildman–Crippen MR) is 85.5 cm³/mol. The molecule has 0 unspecified atom stereocenters. The van der Waals surface area contributed by atoms with Crippen LogP contribution in [0.25, 0.3) is 11.1 Å². The molecule has 0 amide bonds. The Labute approximate surface area is 121 Å². The van der Waals surface area contributed by atoms with Gasteiger partial charge in [0, 0.05) is 31.9 Å². The zero-order valence-electron chi connectivity index (χ0n) is 12.6. The number of nitrogens with one attached hydrogen (secondary N) is 1. The third-order valence-electron chi connectivity index (χ3n) is 3.36. The topological polar surface area (TPSA) is 24.5 Å². The molecule has 1 N–H and O–H groups in total. The highest BCUT2D eigenvalue weighted by molar-refractivity contribution is 5.68. The highest BCUT2D eigenvalue weighted by Crippen LogP contribution is 2.27. The lowest BCUT2D eigenvalue weighted by Gasteiger charge is -2.14. The average molecular weight is 270 g/mol. The molecule has 0 aliphatic carbocycles. The standard InChI is InChI=1S/C17H22N2O/c1-18-12-15-11-14(7-10-17(15)20-4)13-5-8-16(9-6-13)19(2)3/h5-11,18H,12H2,1-4H3. The summed E-state index contributed by atoms with van der Waals surface area (Å²) in [7, 11) is 7.75. The van der Waals surface area contributed by atoms with Crippen LogP contribution in [-0.2, 0) is 6.54 Å². The van der Waals surface area contributed by atoms with Crippen molar-refractivity contribution in [3.63, 3.8) is 0 Å². The Morgan fingerprint density at radius 1 is 1.00 bits per heavy atom. The smallest absolute Gasteiger partial charge is 0.123 e. The first-order valence-corrected chi connectivity index (χ1v) is 6.75. The summed E-state index contributed by atoms with van der Waals surface area (Å²) in [5, 5.41) is 3.17. The van der Waals surface area contributed by atoms with Gasteiger partial charge in [-0.25, -0.2) is 0 Å². The van der Waals surface area contributed by atoms with Crippen LogP contribution >= 0.6 is 0 Å². The van der Waals surface area contributed by atoms with Crippen LogP contribution < -0.4 is 15.0 Å². The number of hydrogen-bond acceptors (Lipinski definition) is 3. The summed E-state index contributed by atoms with van der Waals surface area (Å²) in [6.07, 6.45) is 0. The molecule has 0 aromatic heterocycles. The van der Waals surface area contributed by atoms with Gasteiger partial charge in [0.25, 0.3) is 0 Å². The van der Waals surface area contributed by atoms with E-state index in [0.29, 0.717) is 0 Å². The van der Waals surface area contributed by atoms with Crippen LogP contribution in [0.15, 0.2) is 42.5 Å². The minimum Gasteiger partial charge on any atom is -0.496 e.